The van der Waals surface area contributed by atoms with Crippen LogP contribution in [0.2, 0.25) is 0 Å². The topological polar surface area (TPSA) is 12.9 Å². The number of rotatable bonds is 5. The maximum absolute atomic E-state index is 4.07. The van der Waals surface area contributed by atoms with E-state index >= 15 is 0 Å². The van der Waals surface area contributed by atoms with Gasteiger partial charge in [-0.25, -0.2) is 0 Å². The van der Waals surface area contributed by atoms with Crippen molar-refractivity contribution in [1.29, 1.82) is 0 Å². The first-order valence-corrected chi connectivity index (χ1v) is 7.58. The molecule has 0 N–H and O–H groups in total. The third-order valence-electron chi connectivity index (χ3n) is 3.88. The van der Waals surface area contributed by atoms with E-state index in [1.54, 1.807) is 0 Å². The molecule has 0 aliphatic heterocycles. The second-order valence-electron chi connectivity index (χ2n) is 6.34. The lowest BCUT2D eigenvalue weighted by Crippen LogP contribution is -2.09. The van der Waals surface area contributed by atoms with Crippen LogP contribution in [0.5, 0.6) is 0 Å². The van der Waals surface area contributed by atoms with Crippen LogP contribution < -0.4 is 0 Å². The summed E-state index contributed by atoms with van der Waals surface area (Å²) in [6, 6.07) is 13.2. The molecule has 20 heavy (non-hydrogen) atoms. The van der Waals surface area contributed by atoms with Crippen LogP contribution in [0.1, 0.15) is 45.6 Å². The molecule has 1 heteroatoms. The Hall–Kier alpha value is -1.63. The van der Waals surface area contributed by atoms with Crippen LogP contribution in [0.15, 0.2) is 48.8 Å². The summed E-state index contributed by atoms with van der Waals surface area (Å²) in [6.07, 6.45) is 4.95. The number of nitrogens with zero attached hydrogens (tertiary/aromatic N) is 1. The maximum atomic E-state index is 4.07. The fourth-order valence-electron chi connectivity index (χ4n) is 2.77. The van der Waals surface area contributed by atoms with Gasteiger partial charge in [-0.3, -0.25) is 4.98 Å². The molecule has 1 nitrogen and oxygen atoms in total. The molecule has 2 rings (SSSR count). The molecule has 2 aromatic rings. The highest BCUT2D eigenvalue weighted by Crippen LogP contribution is 2.32. The number of hydrogen-bond acceptors (Lipinski definition) is 1. The van der Waals surface area contributed by atoms with Crippen molar-refractivity contribution < 1.29 is 0 Å². The number of hydrogen-bond donors (Lipinski definition) is 0. The van der Waals surface area contributed by atoms with Crippen LogP contribution in [-0.4, -0.2) is 4.98 Å². The van der Waals surface area contributed by atoms with E-state index < -0.39 is 0 Å². The van der Waals surface area contributed by atoms with Gasteiger partial charge in [-0.05, 0) is 53.0 Å². The van der Waals surface area contributed by atoms with E-state index in [2.05, 4.69) is 69.1 Å². The monoisotopic (exact) mass is 267 g/mol. The van der Waals surface area contributed by atoms with E-state index in [4.69, 9.17) is 0 Å². The van der Waals surface area contributed by atoms with Gasteiger partial charge in [-0.2, -0.15) is 0 Å². The summed E-state index contributed by atoms with van der Waals surface area (Å²) in [5.41, 5.74) is 3.96. The SMILES string of the molecule is CC(C)C[C@@H](c1ccc(-c2ccncc2)cc1)C(C)C. The van der Waals surface area contributed by atoms with Gasteiger partial charge in [0, 0.05) is 12.4 Å². The van der Waals surface area contributed by atoms with Gasteiger partial charge in [0.15, 0.2) is 0 Å². The highest BCUT2D eigenvalue weighted by atomic mass is 14.6. The molecule has 0 saturated heterocycles. The first-order chi connectivity index (χ1) is 9.58. The molecule has 1 aromatic heterocycles. The second-order valence-corrected chi connectivity index (χ2v) is 6.34. The highest BCUT2D eigenvalue weighted by molar-refractivity contribution is 5.63. The lowest BCUT2D eigenvalue weighted by Gasteiger charge is -2.23. The van der Waals surface area contributed by atoms with E-state index in [9.17, 15) is 0 Å². The van der Waals surface area contributed by atoms with Gasteiger partial charge in [0.2, 0.25) is 0 Å². The Morgan fingerprint density at radius 1 is 0.800 bits per heavy atom. The van der Waals surface area contributed by atoms with E-state index in [-0.39, 0.29) is 0 Å². The highest BCUT2D eigenvalue weighted by Gasteiger charge is 2.17. The summed E-state index contributed by atoms with van der Waals surface area (Å²) in [5, 5.41) is 0. The Morgan fingerprint density at radius 3 is 1.85 bits per heavy atom. The molecule has 0 radical (unpaired) electrons. The Labute approximate surface area is 123 Å². The summed E-state index contributed by atoms with van der Waals surface area (Å²) in [7, 11) is 0. The predicted molar refractivity (Wildman–Crippen MR) is 86.7 cm³/mol. The van der Waals surface area contributed by atoms with E-state index in [0.29, 0.717) is 11.8 Å². The normalized spacial score (nSPS) is 12.9. The van der Waals surface area contributed by atoms with E-state index in [1.807, 2.05) is 12.4 Å². The summed E-state index contributed by atoms with van der Waals surface area (Å²) in [5.74, 6) is 2.08. The molecule has 1 aromatic carbocycles. The molecule has 0 aliphatic rings. The summed E-state index contributed by atoms with van der Waals surface area (Å²) >= 11 is 0. The van der Waals surface area contributed by atoms with Gasteiger partial charge in [0.05, 0.1) is 0 Å². The standard InChI is InChI=1S/C19H25N/c1-14(2)13-19(15(3)4)18-7-5-16(6-8-18)17-9-11-20-12-10-17/h5-12,14-15,19H,13H2,1-4H3/t19-/m1/s1. The van der Waals surface area contributed by atoms with Crippen molar-refractivity contribution in [2.45, 2.75) is 40.0 Å². The van der Waals surface area contributed by atoms with Crippen molar-refractivity contribution in [1.82, 2.24) is 4.98 Å². The molecule has 0 amide bonds. The van der Waals surface area contributed by atoms with Gasteiger partial charge in [0.25, 0.3) is 0 Å². The Kier molecular flexibility index (Phi) is 4.94. The molecule has 0 spiro atoms. The average Bonchev–Trinajstić information content (AvgIpc) is 2.45. The fourth-order valence-corrected chi connectivity index (χ4v) is 2.77. The summed E-state index contributed by atoms with van der Waals surface area (Å²) in [4.78, 5) is 4.07. The quantitative estimate of drug-likeness (QED) is 0.693. The molecule has 1 atom stereocenters. The molecule has 106 valence electrons. The second kappa shape index (κ2) is 6.69. The smallest absolute Gasteiger partial charge is 0.0273 e. The number of aromatic nitrogens is 1. The minimum Gasteiger partial charge on any atom is -0.265 e. The van der Waals surface area contributed by atoms with Crippen LogP contribution in [-0.2, 0) is 0 Å². The van der Waals surface area contributed by atoms with Gasteiger partial charge >= 0.3 is 0 Å². The van der Waals surface area contributed by atoms with Crippen LogP contribution >= 0.6 is 0 Å². The number of pyridine rings is 1. The van der Waals surface area contributed by atoms with Gasteiger partial charge in [-0.15, -0.1) is 0 Å². The zero-order valence-electron chi connectivity index (χ0n) is 13.0. The van der Waals surface area contributed by atoms with Crippen LogP contribution in [0, 0.1) is 11.8 Å². The van der Waals surface area contributed by atoms with Crippen molar-refractivity contribution in [3.63, 3.8) is 0 Å². The van der Waals surface area contributed by atoms with Crippen molar-refractivity contribution >= 4 is 0 Å². The van der Waals surface area contributed by atoms with Crippen molar-refractivity contribution in [2.75, 3.05) is 0 Å². The fraction of sp³-hybridized carbons (Fsp3) is 0.421. The third-order valence-corrected chi connectivity index (χ3v) is 3.88. The van der Waals surface area contributed by atoms with Crippen molar-refractivity contribution in [2.24, 2.45) is 11.8 Å². The molecule has 0 aliphatic carbocycles. The zero-order valence-corrected chi connectivity index (χ0v) is 13.0. The number of benzene rings is 1. The minimum absolute atomic E-state index is 0.654. The molecule has 0 bridgehead atoms. The average molecular weight is 267 g/mol. The molecular weight excluding hydrogens is 242 g/mol. The van der Waals surface area contributed by atoms with Crippen molar-refractivity contribution in [3.05, 3.63) is 54.4 Å². The van der Waals surface area contributed by atoms with Gasteiger partial charge < -0.3 is 0 Å². The Morgan fingerprint density at radius 2 is 1.35 bits per heavy atom. The maximum Gasteiger partial charge on any atom is 0.0273 e. The molecular formula is C19H25N. The first kappa shape index (κ1) is 14.8. The molecule has 0 fully saturated rings. The Balaban J connectivity index is 2.22. The van der Waals surface area contributed by atoms with Crippen molar-refractivity contribution in [3.8, 4) is 11.1 Å². The predicted octanol–water partition coefficient (Wildman–Crippen LogP) is 5.53. The lowest BCUT2D eigenvalue weighted by molar-refractivity contribution is 0.408. The zero-order chi connectivity index (χ0) is 14.5. The van der Waals surface area contributed by atoms with Gasteiger partial charge in [0.1, 0.15) is 0 Å². The van der Waals surface area contributed by atoms with E-state index in [1.165, 1.54) is 23.1 Å². The lowest BCUT2D eigenvalue weighted by atomic mass is 9.82. The van der Waals surface area contributed by atoms with E-state index in [0.717, 1.165) is 5.92 Å². The largest absolute Gasteiger partial charge is 0.265 e. The van der Waals surface area contributed by atoms with Gasteiger partial charge in [-0.1, -0.05) is 52.0 Å². The van der Waals surface area contributed by atoms with Crippen LogP contribution in [0.25, 0.3) is 11.1 Å². The molecule has 1 heterocycles. The summed E-state index contributed by atoms with van der Waals surface area (Å²) in [6.45, 7) is 9.26. The Bertz CT molecular complexity index is 511. The van der Waals surface area contributed by atoms with Crippen LogP contribution in [0.3, 0.4) is 0 Å². The summed E-state index contributed by atoms with van der Waals surface area (Å²) < 4.78 is 0. The molecule has 0 saturated carbocycles. The third kappa shape index (κ3) is 3.69. The minimum atomic E-state index is 0.654. The molecule has 0 unspecified atom stereocenters. The first-order valence-electron chi connectivity index (χ1n) is 7.58. The van der Waals surface area contributed by atoms with Crippen LogP contribution in [0.4, 0.5) is 0 Å².